The van der Waals surface area contributed by atoms with Gasteiger partial charge in [-0.25, -0.2) is 4.79 Å². The fraction of sp³-hybridized carbons (Fsp3) is 0.875. The Morgan fingerprint density at radius 2 is 1.95 bits per heavy atom. The largest absolute Gasteiger partial charge is 0.481 e. The summed E-state index contributed by atoms with van der Waals surface area (Å²) in [5, 5.41) is 12.2. The minimum atomic E-state index is -0.710. The van der Waals surface area contributed by atoms with Gasteiger partial charge in [-0.1, -0.05) is 26.2 Å². The van der Waals surface area contributed by atoms with E-state index in [4.69, 9.17) is 0 Å². The number of hydrogen-bond donors (Lipinski definition) is 2. The third kappa shape index (κ3) is 4.35. The zero-order chi connectivity index (χ0) is 15.2. The lowest BCUT2D eigenvalue weighted by Crippen LogP contribution is -2.47. The van der Waals surface area contributed by atoms with E-state index in [1.54, 1.807) is 0 Å². The third-order valence-electron chi connectivity index (χ3n) is 5.13. The number of carbonyl (C=O) groups is 2. The number of nitrogens with zero attached hydrogens (tertiary/aromatic N) is 1. The minimum Gasteiger partial charge on any atom is -0.481 e. The molecule has 3 atom stereocenters. The zero-order valence-corrected chi connectivity index (χ0v) is 13.0. The highest BCUT2D eigenvalue weighted by Crippen LogP contribution is 2.29. The number of carboxylic acid groups (broad SMARTS) is 1. The van der Waals surface area contributed by atoms with E-state index in [2.05, 4.69) is 12.2 Å². The summed E-state index contributed by atoms with van der Waals surface area (Å²) in [6.45, 7) is 4.35. The number of likely N-dealkylation sites (tertiary alicyclic amines) is 1. The van der Waals surface area contributed by atoms with Crippen molar-refractivity contribution >= 4 is 12.0 Å². The molecule has 0 bridgehead atoms. The molecule has 0 aromatic rings. The van der Waals surface area contributed by atoms with Gasteiger partial charge in [0.25, 0.3) is 0 Å². The smallest absolute Gasteiger partial charge is 0.317 e. The number of urea groups is 1. The number of amides is 2. The quantitative estimate of drug-likeness (QED) is 0.838. The summed E-state index contributed by atoms with van der Waals surface area (Å²) in [6.07, 6.45) is 7.13. The lowest BCUT2D eigenvalue weighted by atomic mass is 9.79. The molecule has 2 fully saturated rings. The molecule has 5 heteroatoms. The second kappa shape index (κ2) is 7.66. The lowest BCUT2D eigenvalue weighted by Gasteiger charge is -2.34. The fourth-order valence-corrected chi connectivity index (χ4v) is 3.69. The van der Waals surface area contributed by atoms with Crippen LogP contribution < -0.4 is 5.32 Å². The van der Waals surface area contributed by atoms with Crippen LogP contribution in [0.25, 0.3) is 0 Å². The first-order chi connectivity index (χ1) is 10.1. The number of aliphatic carboxylic acids is 1. The van der Waals surface area contributed by atoms with Crippen molar-refractivity contribution in [2.75, 3.05) is 19.6 Å². The van der Waals surface area contributed by atoms with E-state index < -0.39 is 5.97 Å². The minimum absolute atomic E-state index is 0.0112. The van der Waals surface area contributed by atoms with E-state index in [-0.39, 0.29) is 17.9 Å². The highest BCUT2D eigenvalue weighted by atomic mass is 16.4. The summed E-state index contributed by atoms with van der Waals surface area (Å²) in [4.78, 5) is 25.4. The Bertz CT molecular complexity index is 373. The van der Waals surface area contributed by atoms with Crippen LogP contribution in [0.3, 0.4) is 0 Å². The predicted octanol–water partition coefficient (Wildman–Crippen LogP) is 2.71. The van der Waals surface area contributed by atoms with E-state index in [1.165, 1.54) is 6.42 Å². The molecular weight excluding hydrogens is 268 g/mol. The van der Waals surface area contributed by atoms with Crippen LogP contribution in [0, 0.1) is 17.8 Å². The Hall–Kier alpha value is -1.26. The first-order valence-electron chi connectivity index (χ1n) is 8.37. The molecule has 0 radical (unpaired) electrons. The van der Waals surface area contributed by atoms with E-state index >= 15 is 0 Å². The molecule has 1 aliphatic heterocycles. The van der Waals surface area contributed by atoms with Crippen molar-refractivity contribution in [3.05, 3.63) is 0 Å². The molecule has 1 saturated carbocycles. The number of carboxylic acids is 1. The molecule has 2 amide bonds. The molecule has 2 aliphatic rings. The molecular formula is C16H28N2O3. The first kappa shape index (κ1) is 16.1. The average molecular weight is 296 g/mol. The van der Waals surface area contributed by atoms with Gasteiger partial charge in [-0.3, -0.25) is 4.79 Å². The normalized spacial score (nSPS) is 30.0. The fourth-order valence-electron chi connectivity index (χ4n) is 3.69. The molecule has 1 aliphatic carbocycles. The molecule has 21 heavy (non-hydrogen) atoms. The van der Waals surface area contributed by atoms with Crippen LogP contribution in [0.15, 0.2) is 0 Å². The molecule has 1 heterocycles. The summed E-state index contributed by atoms with van der Waals surface area (Å²) < 4.78 is 0. The Labute approximate surface area is 127 Å². The second-order valence-corrected chi connectivity index (χ2v) is 6.54. The number of hydrogen-bond acceptors (Lipinski definition) is 2. The van der Waals surface area contributed by atoms with Crippen LogP contribution in [0.1, 0.15) is 51.9 Å². The number of nitrogens with one attached hydrogen (secondary N) is 1. The van der Waals surface area contributed by atoms with Crippen molar-refractivity contribution in [2.24, 2.45) is 17.8 Å². The standard InChI is InChI=1S/C16H28N2O3/c1-2-12-6-5-9-18(11-12)16(21)17-10-13-7-3-4-8-14(13)15(19)20/h12-14H,2-11H2,1H3,(H,17,21)(H,19,20). The Balaban J connectivity index is 1.81. The van der Waals surface area contributed by atoms with Crippen LogP contribution in [-0.2, 0) is 4.79 Å². The average Bonchev–Trinajstić information content (AvgIpc) is 2.52. The van der Waals surface area contributed by atoms with Gasteiger partial charge < -0.3 is 15.3 Å². The SMILES string of the molecule is CCC1CCCN(C(=O)NCC2CCCCC2C(=O)O)C1. The number of piperidine rings is 1. The van der Waals surface area contributed by atoms with Crippen LogP contribution in [-0.4, -0.2) is 41.6 Å². The second-order valence-electron chi connectivity index (χ2n) is 6.54. The van der Waals surface area contributed by atoms with Crippen LogP contribution >= 0.6 is 0 Å². The highest BCUT2D eigenvalue weighted by Gasteiger charge is 2.31. The number of rotatable bonds is 4. The van der Waals surface area contributed by atoms with Gasteiger partial charge in [-0.2, -0.15) is 0 Å². The van der Waals surface area contributed by atoms with Crippen LogP contribution in [0.5, 0.6) is 0 Å². The van der Waals surface area contributed by atoms with E-state index in [0.29, 0.717) is 12.5 Å². The summed E-state index contributed by atoms with van der Waals surface area (Å²) >= 11 is 0. The van der Waals surface area contributed by atoms with E-state index in [1.807, 2.05) is 4.90 Å². The summed E-state index contributed by atoms with van der Waals surface area (Å²) in [6, 6.07) is -0.0112. The van der Waals surface area contributed by atoms with Crippen molar-refractivity contribution in [3.8, 4) is 0 Å². The molecule has 0 aromatic carbocycles. The molecule has 2 rings (SSSR count). The molecule has 0 spiro atoms. The van der Waals surface area contributed by atoms with E-state index in [9.17, 15) is 14.7 Å². The maximum atomic E-state index is 12.2. The Morgan fingerprint density at radius 3 is 2.67 bits per heavy atom. The van der Waals surface area contributed by atoms with Gasteiger partial charge in [-0.15, -0.1) is 0 Å². The third-order valence-corrected chi connectivity index (χ3v) is 5.13. The summed E-state index contributed by atoms with van der Waals surface area (Å²) in [7, 11) is 0. The maximum absolute atomic E-state index is 12.2. The van der Waals surface area contributed by atoms with E-state index in [0.717, 1.165) is 51.6 Å². The lowest BCUT2D eigenvalue weighted by molar-refractivity contribution is -0.144. The highest BCUT2D eigenvalue weighted by molar-refractivity contribution is 5.74. The topological polar surface area (TPSA) is 69.6 Å². The predicted molar refractivity (Wildman–Crippen MR) is 81.1 cm³/mol. The zero-order valence-electron chi connectivity index (χ0n) is 13.0. The molecule has 120 valence electrons. The monoisotopic (exact) mass is 296 g/mol. The summed E-state index contributed by atoms with van der Waals surface area (Å²) in [5.74, 6) is -0.292. The van der Waals surface area contributed by atoms with Crippen molar-refractivity contribution in [2.45, 2.75) is 51.9 Å². The van der Waals surface area contributed by atoms with Gasteiger partial charge in [0.15, 0.2) is 0 Å². The van der Waals surface area contributed by atoms with Gasteiger partial charge in [0.05, 0.1) is 5.92 Å². The number of carbonyl (C=O) groups excluding carboxylic acids is 1. The Morgan fingerprint density at radius 1 is 1.19 bits per heavy atom. The van der Waals surface area contributed by atoms with Crippen molar-refractivity contribution < 1.29 is 14.7 Å². The molecule has 0 aromatic heterocycles. The van der Waals surface area contributed by atoms with Gasteiger partial charge in [0.1, 0.15) is 0 Å². The maximum Gasteiger partial charge on any atom is 0.317 e. The van der Waals surface area contributed by atoms with Crippen molar-refractivity contribution in [1.29, 1.82) is 0 Å². The van der Waals surface area contributed by atoms with Gasteiger partial charge in [0.2, 0.25) is 0 Å². The molecule has 1 saturated heterocycles. The summed E-state index contributed by atoms with van der Waals surface area (Å²) in [5.41, 5.74) is 0. The van der Waals surface area contributed by atoms with Gasteiger partial charge >= 0.3 is 12.0 Å². The molecule has 2 N–H and O–H groups in total. The van der Waals surface area contributed by atoms with Gasteiger partial charge in [0, 0.05) is 19.6 Å². The Kier molecular flexibility index (Phi) is 5.88. The van der Waals surface area contributed by atoms with Gasteiger partial charge in [-0.05, 0) is 37.5 Å². The first-order valence-corrected chi connectivity index (χ1v) is 8.37. The van der Waals surface area contributed by atoms with Crippen molar-refractivity contribution in [1.82, 2.24) is 10.2 Å². The molecule has 3 unspecified atom stereocenters. The molecule has 5 nitrogen and oxygen atoms in total. The van der Waals surface area contributed by atoms with Crippen LogP contribution in [0.2, 0.25) is 0 Å². The van der Waals surface area contributed by atoms with Crippen LogP contribution in [0.4, 0.5) is 4.79 Å². The van der Waals surface area contributed by atoms with Crippen molar-refractivity contribution in [3.63, 3.8) is 0 Å².